The van der Waals surface area contributed by atoms with Gasteiger partial charge in [-0.05, 0) is 37.3 Å². The molecule has 0 bridgehead atoms. The van der Waals surface area contributed by atoms with Crippen molar-refractivity contribution in [2.24, 2.45) is 0 Å². The Kier molecular flexibility index (Phi) is 4.97. The molecule has 0 radical (unpaired) electrons. The Balaban J connectivity index is 1.49. The number of aliphatic hydroxyl groups excluding tert-OH is 1. The van der Waals surface area contributed by atoms with Crippen LogP contribution >= 0.6 is 0 Å². The summed E-state index contributed by atoms with van der Waals surface area (Å²) in [6.45, 7) is 3.66. The summed E-state index contributed by atoms with van der Waals surface area (Å²) in [6.07, 6.45) is 7.46. The van der Waals surface area contributed by atoms with E-state index in [2.05, 4.69) is 32.3 Å². The van der Waals surface area contributed by atoms with Crippen LogP contribution < -0.4 is 10.2 Å². The molecule has 0 saturated carbocycles. The molecule has 3 heterocycles. The number of nitrogens with zero attached hydrogens (tertiary/aromatic N) is 5. The first kappa shape index (κ1) is 19.1. The predicted octanol–water partition coefficient (Wildman–Crippen LogP) is 3.83. The largest absolute Gasteiger partial charge is 0.395 e. The SMILES string of the molecule is CCN(CCO)c1ccc(Nc2nc(-c3ccc4cn[nH]c4c3)cn3ccnc23)cc1. The van der Waals surface area contributed by atoms with Gasteiger partial charge >= 0.3 is 0 Å². The van der Waals surface area contributed by atoms with Gasteiger partial charge in [0, 0.05) is 54.0 Å². The second-order valence-electron chi connectivity index (χ2n) is 7.28. The maximum atomic E-state index is 9.25. The van der Waals surface area contributed by atoms with Crippen molar-refractivity contribution < 1.29 is 5.11 Å². The average Bonchev–Trinajstić information content (AvgIpc) is 3.47. The van der Waals surface area contributed by atoms with E-state index in [9.17, 15) is 5.11 Å². The summed E-state index contributed by atoms with van der Waals surface area (Å²) in [5.74, 6) is 0.683. The number of benzene rings is 2. The number of hydrogen-bond acceptors (Lipinski definition) is 6. The highest BCUT2D eigenvalue weighted by atomic mass is 16.3. The smallest absolute Gasteiger partial charge is 0.180 e. The molecule has 5 aromatic rings. The van der Waals surface area contributed by atoms with Gasteiger partial charge in [0.15, 0.2) is 11.5 Å². The number of aliphatic hydroxyl groups is 1. The van der Waals surface area contributed by atoms with Gasteiger partial charge in [-0.2, -0.15) is 5.10 Å². The minimum absolute atomic E-state index is 0.132. The molecule has 0 aliphatic carbocycles. The van der Waals surface area contributed by atoms with Crippen LogP contribution in [-0.4, -0.2) is 49.4 Å². The number of H-pyrrole nitrogens is 1. The van der Waals surface area contributed by atoms with Gasteiger partial charge in [0.1, 0.15) is 0 Å². The van der Waals surface area contributed by atoms with Crippen molar-refractivity contribution in [2.45, 2.75) is 6.92 Å². The normalized spacial score (nSPS) is 11.3. The van der Waals surface area contributed by atoms with Crippen LogP contribution in [0.15, 0.2) is 67.3 Å². The molecule has 0 aliphatic heterocycles. The third-order valence-electron chi connectivity index (χ3n) is 5.36. The molecule has 31 heavy (non-hydrogen) atoms. The van der Waals surface area contributed by atoms with Crippen LogP contribution in [0.2, 0.25) is 0 Å². The van der Waals surface area contributed by atoms with Crippen molar-refractivity contribution in [1.82, 2.24) is 24.6 Å². The Hall–Kier alpha value is -3.91. The van der Waals surface area contributed by atoms with E-state index in [1.807, 2.05) is 65.5 Å². The summed E-state index contributed by atoms with van der Waals surface area (Å²) in [5, 5.41) is 20.8. The molecule has 0 fully saturated rings. The molecule has 0 unspecified atom stereocenters. The maximum Gasteiger partial charge on any atom is 0.180 e. The van der Waals surface area contributed by atoms with Gasteiger partial charge in [-0.3, -0.25) is 5.10 Å². The van der Waals surface area contributed by atoms with Crippen molar-refractivity contribution in [3.8, 4) is 11.3 Å². The molecule has 8 heteroatoms. The number of rotatable bonds is 7. The van der Waals surface area contributed by atoms with E-state index in [-0.39, 0.29) is 6.61 Å². The first-order valence-corrected chi connectivity index (χ1v) is 10.3. The van der Waals surface area contributed by atoms with E-state index >= 15 is 0 Å². The van der Waals surface area contributed by atoms with Crippen LogP contribution in [0.25, 0.3) is 27.8 Å². The summed E-state index contributed by atoms with van der Waals surface area (Å²) in [4.78, 5) is 11.4. The van der Waals surface area contributed by atoms with E-state index in [0.29, 0.717) is 12.4 Å². The van der Waals surface area contributed by atoms with Gasteiger partial charge in [0.25, 0.3) is 0 Å². The molecule has 0 amide bonds. The molecule has 8 nitrogen and oxygen atoms in total. The zero-order valence-electron chi connectivity index (χ0n) is 17.2. The standard InChI is InChI=1S/C23H23N7O/c1-2-29(11-12-31)19-7-5-18(6-8-19)26-22-23-24-9-10-30(23)15-21(27-22)16-3-4-17-14-25-28-20(17)13-16/h3-10,13-15,31H,2,11-12H2,1H3,(H,25,28)(H,26,27). The number of likely N-dealkylation sites (N-methyl/N-ethyl adjacent to an activating group) is 1. The molecular weight excluding hydrogens is 390 g/mol. The number of imidazole rings is 1. The number of aromatic amines is 1. The van der Waals surface area contributed by atoms with Crippen molar-refractivity contribution in [2.75, 3.05) is 29.9 Å². The molecule has 3 aromatic heterocycles. The topological polar surface area (TPSA) is 94.4 Å². The van der Waals surface area contributed by atoms with Crippen LogP contribution in [0.5, 0.6) is 0 Å². The van der Waals surface area contributed by atoms with Crippen LogP contribution in [0.1, 0.15) is 6.92 Å². The summed E-state index contributed by atoms with van der Waals surface area (Å²) in [7, 11) is 0. The first-order chi connectivity index (χ1) is 15.2. The lowest BCUT2D eigenvalue weighted by atomic mass is 10.1. The predicted molar refractivity (Wildman–Crippen MR) is 123 cm³/mol. The summed E-state index contributed by atoms with van der Waals surface area (Å²) in [5.41, 5.74) is 5.55. The molecule has 2 aromatic carbocycles. The fraction of sp³-hybridized carbons (Fsp3) is 0.174. The lowest BCUT2D eigenvalue weighted by Crippen LogP contribution is -2.25. The van der Waals surface area contributed by atoms with E-state index in [1.54, 1.807) is 6.20 Å². The summed E-state index contributed by atoms with van der Waals surface area (Å²) in [6, 6.07) is 14.2. The van der Waals surface area contributed by atoms with Crippen LogP contribution in [0, 0.1) is 0 Å². The zero-order valence-corrected chi connectivity index (χ0v) is 17.2. The number of fused-ring (bicyclic) bond motifs is 2. The summed E-state index contributed by atoms with van der Waals surface area (Å²) < 4.78 is 1.97. The number of aromatic nitrogens is 5. The van der Waals surface area contributed by atoms with Crippen LogP contribution in [-0.2, 0) is 0 Å². The second kappa shape index (κ2) is 8.08. The Morgan fingerprint density at radius 1 is 1.16 bits per heavy atom. The highest BCUT2D eigenvalue weighted by molar-refractivity contribution is 5.84. The molecule has 0 aliphatic rings. The van der Waals surface area contributed by atoms with E-state index in [1.165, 1.54) is 0 Å². The average molecular weight is 413 g/mol. The van der Waals surface area contributed by atoms with Gasteiger partial charge in [0.05, 0.1) is 24.0 Å². The van der Waals surface area contributed by atoms with Gasteiger partial charge in [-0.1, -0.05) is 12.1 Å². The molecule has 0 saturated heterocycles. The fourth-order valence-electron chi connectivity index (χ4n) is 3.73. The van der Waals surface area contributed by atoms with E-state index in [4.69, 9.17) is 4.98 Å². The Labute approximate surface area is 179 Å². The fourth-order valence-corrected chi connectivity index (χ4v) is 3.73. The molecule has 5 rings (SSSR count). The Bertz CT molecular complexity index is 1320. The molecule has 0 spiro atoms. The lowest BCUT2D eigenvalue weighted by molar-refractivity contribution is 0.302. The van der Waals surface area contributed by atoms with Gasteiger partial charge in [-0.25, -0.2) is 9.97 Å². The maximum absolute atomic E-state index is 9.25. The van der Waals surface area contributed by atoms with Gasteiger partial charge < -0.3 is 19.7 Å². The Morgan fingerprint density at radius 2 is 2.03 bits per heavy atom. The second-order valence-corrected chi connectivity index (χ2v) is 7.28. The van der Waals surface area contributed by atoms with Crippen molar-refractivity contribution in [3.05, 3.63) is 67.3 Å². The van der Waals surface area contributed by atoms with Crippen molar-refractivity contribution >= 4 is 33.7 Å². The number of nitrogens with one attached hydrogen (secondary N) is 2. The van der Waals surface area contributed by atoms with Gasteiger partial charge in [-0.15, -0.1) is 0 Å². The highest BCUT2D eigenvalue weighted by Gasteiger charge is 2.11. The third-order valence-corrected chi connectivity index (χ3v) is 5.36. The van der Waals surface area contributed by atoms with Gasteiger partial charge in [0.2, 0.25) is 0 Å². The molecule has 156 valence electrons. The quantitative estimate of drug-likeness (QED) is 0.375. The lowest BCUT2D eigenvalue weighted by Gasteiger charge is -2.22. The minimum atomic E-state index is 0.132. The minimum Gasteiger partial charge on any atom is -0.395 e. The third kappa shape index (κ3) is 3.69. The zero-order chi connectivity index (χ0) is 21.2. The first-order valence-electron chi connectivity index (χ1n) is 10.3. The van der Waals surface area contributed by atoms with Crippen molar-refractivity contribution in [1.29, 1.82) is 0 Å². The monoisotopic (exact) mass is 413 g/mol. The Morgan fingerprint density at radius 3 is 2.84 bits per heavy atom. The molecular formula is C23H23N7O. The number of hydrogen-bond donors (Lipinski definition) is 3. The van der Waals surface area contributed by atoms with Crippen LogP contribution in [0.3, 0.4) is 0 Å². The molecule has 3 N–H and O–H groups in total. The van der Waals surface area contributed by atoms with Crippen LogP contribution in [0.4, 0.5) is 17.2 Å². The summed E-state index contributed by atoms with van der Waals surface area (Å²) >= 11 is 0. The highest BCUT2D eigenvalue weighted by Crippen LogP contribution is 2.27. The van der Waals surface area contributed by atoms with E-state index < -0.39 is 0 Å². The van der Waals surface area contributed by atoms with Crippen molar-refractivity contribution in [3.63, 3.8) is 0 Å². The number of anilines is 3. The van der Waals surface area contributed by atoms with E-state index in [0.717, 1.165) is 45.7 Å². The molecule has 0 atom stereocenters.